The Kier molecular flexibility index (Phi) is 5.67. The predicted octanol–water partition coefficient (Wildman–Crippen LogP) is 3.37. The van der Waals surface area contributed by atoms with Crippen LogP contribution in [0.2, 0.25) is 0 Å². The molecule has 0 radical (unpaired) electrons. The van der Waals surface area contributed by atoms with Crippen molar-refractivity contribution < 1.29 is 19.1 Å². The molecule has 3 atom stereocenters. The molecule has 6 nitrogen and oxygen atoms in total. The van der Waals surface area contributed by atoms with E-state index in [1.807, 2.05) is 24.4 Å². The fraction of sp³-hybridized carbons (Fsp3) is 0.409. The Hall–Kier alpha value is -2.67. The molecule has 1 unspecified atom stereocenters. The van der Waals surface area contributed by atoms with E-state index in [0.29, 0.717) is 31.4 Å². The van der Waals surface area contributed by atoms with Crippen molar-refractivity contribution in [2.45, 2.75) is 44.4 Å². The molecule has 3 heterocycles. The molecule has 0 N–H and O–H groups in total. The topological polar surface area (TPSA) is 66.9 Å². The number of amides is 2. The molecule has 4 rings (SSSR count). The summed E-state index contributed by atoms with van der Waals surface area (Å²) in [6, 6.07) is 10.1. The van der Waals surface area contributed by atoms with Crippen LogP contribution in [-0.2, 0) is 16.0 Å². The summed E-state index contributed by atoms with van der Waals surface area (Å²) >= 11 is 1.62. The van der Waals surface area contributed by atoms with Crippen molar-refractivity contribution in [3.05, 3.63) is 58.3 Å². The minimum absolute atomic E-state index is 0.0406. The molecule has 2 saturated heterocycles. The minimum atomic E-state index is -0.603. The van der Waals surface area contributed by atoms with Crippen LogP contribution in [0.25, 0.3) is 0 Å². The molecule has 0 aliphatic carbocycles. The van der Waals surface area contributed by atoms with Crippen molar-refractivity contribution in [3.8, 4) is 0 Å². The Balaban J connectivity index is 1.43. The molecule has 0 spiro atoms. The fourth-order valence-electron chi connectivity index (χ4n) is 4.19. The maximum Gasteiger partial charge on any atom is 0.410 e. The van der Waals surface area contributed by atoms with Gasteiger partial charge in [0.2, 0.25) is 0 Å². The summed E-state index contributed by atoms with van der Waals surface area (Å²) < 4.78 is 5.73. The second-order valence-electron chi connectivity index (χ2n) is 7.51. The molecular weight excluding hydrogens is 388 g/mol. The lowest BCUT2D eigenvalue weighted by atomic mass is 10.1. The highest BCUT2D eigenvalue weighted by molar-refractivity contribution is 7.07. The van der Waals surface area contributed by atoms with Gasteiger partial charge >= 0.3 is 6.09 Å². The van der Waals surface area contributed by atoms with Gasteiger partial charge in [-0.25, -0.2) is 4.79 Å². The zero-order valence-corrected chi connectivity index (χ0v) is 17.1. The number of ketones is 1. The van der Waals surface area contributed by atoms with E-state index in [9.17, 15) is 14.4 Å². The number of hydrogen-bond acceptors (Lipinski definition) is 5. The zero-order chi connectivity index (χ0) is 20.4. The third-order valence-electron chi connectivity index (χ3n) is 5.70. The first-order valence-corrected chi connectivity index (χ1v) is 10.9. The maximum atomic E-state index is 12.9. The standard InChI is InChI=1S/C22H24N2O4S/c1-2-17(12-15-9-11-29-14-15)28-22(27)23-10-8-18-20(23)19(25)13-24(18)21(26)16-6-4-3-5-7-16/h3-7,9,11,14,17-18,20H,2,8,10,12-13H2,1H3/t17?,18-,20+/m1/s1. The average Bonchev–Trinajstić information content (AvgIpc) is 3.46. The van der Waals surface area contributed by atoms with E-state index in [4.69, 9.17) is 4.74 Å². The molecule has 2 aliphatic rings. The van der Waals surface area contributed by atoms with E-state index >= 15 is 0 Å². The molecule has 1 aromatic heterocycles. The second kappa shape index (κ2) is 8.37. The van der Waals surface area contributed by atoms with Crippen molar-refractivity contribution in [1.82, 2.24) is 9.80 Å². The molecular formula is C22H24N2O4S. The molecule has 152 valence electrons. The van der Waals surface area contributed by atoms with Gasteiger partial charge in [0.05, 0.1) is 12.6 Å². The van der Waals surface area contributed by atoms with Gasteiger partial charge < -0.3 is 9.64 Å². The molecule has 2 aromatic rings. The summed E-state index contributed by atoms with van der Waals surface area (Å²) in [5.74, 6) is -0.259. The van der Waals surface area contributed by atoms with Crippen molar-refractivity contribution >= 4 is 29.1 Å². The van der Waals surface area contributed by atoms with Crippen LogP contribution in [0.4, 0.5) is 4.79 Å². The number of carbonyl (C=O) groups excluding carboxylic acids is 3. The number of ether oxygens (including phenoxy) is 1. The number of rotatable bonds is 5. The molecule has 0 bridgehead atoms. The van der Waals surface area contributed by atoms with E-state index < -0.39 is 12.1 Å². The van der Waals surface area contributed by atoms with Gasteiger partial charge in [-0.1, -0.05) is 25.1 Å². The quantitative estimate of drug-likeness (QED) is 0.755. The van der Waals surface area contributed by atoms with Gasteiger partial charge in [-0.15, -0.1) is 0 Å². The summed E-state index contributed by atoms with van der Waals surface area (Å²) in [5, 5.41) is 4.06. The number of likely N-dealkylation sites (tertiary alicyclic amines) is 2. The highest BCUT2D eigenvalue weighted by atomic mass is 32.1. The molecule has 2 aliphatic heterocycles. The number of thiophene rings is 1. The van der Waals surface area contributed by atoms with E-state index in [1.54, 1.807) is 40.5 Å². The SMILES string of the molecule is CCC(Cc1ccsc1)OC(=O)N1CC[C@@H]2[C@H]1C(=O)CN2C(=O)c1ccccc1. The number of hydrogen-bond donors (Lipinski definition) is 0. The van der Waals surface area contributed by atoms with Crippen LogP contribution < -0.4 is 0 Å². The third kappa shape index (κ3) is 3.92. The average molecular weight is 413 g/mol. The van der Waals surface area contributed by atoms with Gasteiger partial charge in [0.15, 0.2) is 5.78 Å². The van der Waals surface area contributed by atoms with Crippen LogP contribution in [0.5, 0.6) is 0 Å². The lowest BCUT2D eigenvalue weighted by Crippen LogP contribution is -2.44. The first-order valence-electron chi connectivity index (χ1n) is 9.95. The smallest absolute Gasteiger partial charge is 0.410 e. The van der Waals surface area contributed by atoms with E-state index in [-0.39, 0.29) is 30.4 Å². The van der Waals surface area contributed by atoms with Crippen LogP contribution in [-0.4, -0.2) is 58.9 Å². The monoisotopic (exact) mass is 412 g/mol. The molecule has 2 fully saturated rings. The van der Waals surface area contributed by atoms with Crippen molar-refractivity contribution in [2.24, 2.45) is 0 Å². The van der Waals surface area contributed by atoms with Crippen molar-refractivity contribution in [3.63, 3.8) is 0 Å². The van der Waals surface area contributed by atoms with Gasteiger partial charge in [-0.3, -0.25) is 14.5 Å². The van der Waals surface area contributed by atoms with E-state index in [2.05, 4.69) is 5.38 Å². The molecule has 7 heteroatoms. The van der Waals surface area contributed by atoms with E-state index in [0.717, 1.165) is 5.56 Å². The van der Waals surface area contributed by atoms with Gasteiger partial charge in [0.25, 0.3) is 5.91 Å². The molecule has 2 amide bonds. The lowest BCUT2D eigenvalue weighted by Gasteiger charge is -2.26. The Bertz CT molecular complexity index is 883. The first-order chi connectivity index (χ1) is 14.1. The maximum absolute atomic E-state index is 12.9. The number of Topliss-reactive ketones (excluding diaryl/α,β-unsaturated/α-hetero) is 1. The Morgan fingerprint density at radius 1 is 1.21 bits per heavy atom. The number of benzene rings is 1. The van der Waals surface area contributed by atoms with Crippen LogP contribution in [0.3, 0.4) is 0 Å². The van der Waals surface area contributed by atoms with Crippen molar-refractivity contribution in [2.75, 3.05) is 13.1 Å². The lowest BCUT2D eigenvalue weighted by molar-refractivity contribution is -0.120. The third-order valence-corrected chi connectivity index (χ3v) is 6.44. The van der Waals surface area contributed by atoms with Crippen molar-refractivity contribution in [1.29, 1.82) is 0 Å². The van der Waals surface area contributed by atoms with Crippen LogP contribution >= 0.6 is 11.3 Å². The summed E-state index contributed by atoms with van der Waals surface area (Å²) in [5.41, 5.74) is 1.70. The normalized spacial score (nSPS) is 21.9. The van der Waals surface area contributed by atoms with E-state index in [1.165, 1.54) is 4.90 Å². The van der Waals surface area contributed by atoms with Gasteiger partial charge in [0.1, 0.15) is 12.1 Å². The molecule has 1 aromatic carbocycles. The Labute approximate surface area is 174 Å². The summed E-state index contributed by atoms with van der Waals surface area (Å²) in [7, 11) is 0. The minimum Gasteiger partial charge on any atom is -0.446 e. The zero-order valence-electron chi connectivity index (χ0n) is 16.3. The molecule has 29 heavy (non-hydrogen) atoms. The van der Waals surface area contributed by atoms with Gasteiger partial charge in [0, 0.05) is 18.5 Å². The predicted molar refractivity (Wildman–Crippen MR) is 110 cm³/mol. The fourth-order valence-corrected chi connectivity index (χ4v) is 4.88. The summed E-state index contributed by atoms with van der Waals surface area (Å²) in [6.45, 7) is 2.45. The molecule has 0 saturated carbocycles. The number of carbonyl (C=O) groups is 3. The van der Waals surface area contributed by atoms with Crippen LogP contribution in [0.15, 0.2) is 47.2 Å². The largest absolute Gasteiger partial charge is 0.446 e. The first kappa shape index (κ1) is 19.6. The Morgan fingerprint density at radius 3 is 2.69 bits per heavy atom. The Morgan fingerprint density at radius 2 is 2.00 bits per heavy atom. The highest BCUT2D eigenvalue weighted by Gasteiger charge is 2.52. The van der Waals surface area contributed by atoms with Crippen LogP contribution in [0, 0.1) is 0 Å². The van der Waals surface area contributed by atoms with Gasteiger partial charge in [-0.2, -0.15) is 11.3 Å². The van der Waals surface area contributed by atoms with Gasteiger partial charge in [-0.05, 0) is 47.4 Å². The second-order valence-corrected chi connectivity index (χ2v) is 8.29. The van der Waals surface area contributed by atoms with Crippen LogP contribution in [0.1, 0.15) is 35.7 Å². The summed E-state index contributed by atoms with van der Waals surface area (Å²) in [4.78, 5) is 41.5. The number of nitrogens with zero attached hydrogens (tertiary/aromatic N) is 2. The number of fused-ring (bicyclic) bond motifs is 1. The highest BCUT2D eigenvalue weighted by Crippen LogP contribution is 2.31. The summed E-state index contributed by atoms with van der Waals surface area (Å²) in [6.07, 6.45) is 1.28.